The highest BCUT2D eigenvalue weighted by Gasteiger charge is 1.95. The highest BCUT2D eigenvalue weighted by Crippen LogP contribution is 1.96. The fraction of sp³-hybridized carbons (Fsp3) is 1.00. The molecular formula is C9H21NO. The molecule has 0 rings (SSSR count). The monoisotopic (exact) mass is 159 g/mol. The minimum atomic E-state index is 0.803. The fourth-order valence-electron chi connectivity index (χ4n) is 0.834. The summed E-state index contributed by atoms with van der Waals surface area (Å²) in [5.74, 6) is 0.803. The molecule has 2 nitrogen and oxygen atoms in total. The van der Waals surface area contributed by atoms with Gasteiger partial charge in [-0.1, -0.05) is 20.3 Å². The number of hydrogen-bond donors (Lipinski definition) is 1. The van der Waals surface area contributed by atoms with Crippen molar-refractivity contribution < 1.29 is 4.74 Å². The number of methoxy groups -OCH3 is 1. The minimum Gasteiger partial charge on any atom is -0.385 e. The lowest BCUT2D eigenvalue weighted by Gasteiger charge is -2.09. The quantitative estimate of drug-likeness (QED) is 0.570. The van der Waals surface area contributed by atoms with Crippen molar-refractivity contribution in [3.05, 3.63) is 0 Å². The molecule has 0 saturated heterocycles. The van der Waals surface area contributed by atoms with Crippen LogP contribution in [0.3, 0.4) is 0 Å². The van der Waals surface area contributed by atoms with E-state index in [1.54, 1.807) is 7.11 Å². The summed E-state index contributed by atoms with van der Waals surface area (Å²) in [6.07, 6.45) is 2.38. The Morgan fingerprint density at radius 1 is 1.45 bits per heavy atom. The van der Waals surface area contributed by atoms with Gasteiger partial charge in [-0.25, -0.2) is 0 Å². The summed E-state index contributed by atoms with van der Waals surface area (Å²) >= 11 is 0. The van der Waals surface area contributed by atoms with Gasteiger partial charge in [0.25, 0.3) is 0 Å². The number of ether oxygens (including phenoxy) is 1. The van der Waals surface area contributed by atoms with Crippen molar-refractivity contribution in [2.75, 3.05) is 26.8 Å². The zero-order chi connectivity index (χ0) is 8.53. The zero-order valence-corrected chi connectivity index (χ0v) is 8.02. The molecule has 0 aliphatic heterocycles. The topological polar surface area (TPSA) is 21.3 Å². The third-order valence-corrected chi connectivity index (χ3v) is 1.89. The molecule has 68 valence electrons. The average Bonchev–Trinajstić information content (AvgIpc) is 2.04. The van der Waals surface area contributed by atoms with Crippen molar-refractivity contribution in [3.63, 3.8) is 0 Å². The van der Waals surface area contributed by atoms with Gasteiger partial charge in [-0.15, -0.1) is 0 Å². The Hall–Kier alpha value is -0.0800. The summed E-state index contributed by atoms with van der Waals surface area (Å²) in [7, 11) is 1.74. The first kappa shape index (κ1) is 10.9. The Labute approximate surface area is 70.3 Å². The third kappa shape index (κ3) is 7.82. The van der Waals surface area contributed by atoms with Crippen molar-refractivity contribution in [1.29, 1.82) is 0 Å². The van der Waals surface area contributed by atoms with E-state index in [1.807, 2.05) is 0 Å². The summed E-state index contributed by atoms with van der Waals surface area (Å²) in [5, 5.41) is 3.39. The maximum absolute atomic E-state index is 4.94. The molecule has 0 fully saturated rings. The van der Waals surface area contributed by atoms with Gasteiger partial charge in [0.2, 0.25) is 0 Å². The van der Waals surface area contributed by atoms with Crippen LogP contribution in [0, 0.1) is 5.92 Å². The minimum absolute atomic E-state index is 0.803. The molecule has 0 aliphatic rings. The SMILES string of the molecule is CCC(C)CNCCCOC. The van der Waals surface area contributed by atoms with Gasteiger partial charge >= 0.3 is 0 Å². The van der Waals surface area contributed by atoms with E-state index in [4.69, 9.17) is 4.74 Å². The van der Waals surface area contributed by atoms with E-state index in [1.165, 1.54) is 6.42 Å². The fourth-order valence-corrected chi connectivity index (χ4v) is 0.834. The molecule has 1 atom stereocenters. The van der Waals surface area contributed by atoms with Gasteiger partial charge in [-0.3, -0.25) is 0 Å². The maximum atomic E-state index is 4.94. The largest absolute Gasteiger partial charge is 0.385 e. The van der Waals surface area contributed by atoms with Gasteiger partial charge in [-0.2, -0.15) is 0 Å². The third-order valence-electron chi connectivity index (χ3n) is 1.89. The van der Waals surface area contributed by atoms with Crippen molar-refractivity contribution in [1.82, 2.24) is 5.32 Å². The van der Waals surface area contributed by atoms with Crippen LogP contribution in [-0.4, -0.2) is 26.8 Å². The second kappa shape index (κ2) is 8.02. The molecule has 0 radical (unpaired) electrons. The van der Waals surface area contributed by atoms with Crippen LogP contribution in [0.5, 0.6) is 0 Å². The van der Waals surface area contributed by atoms with Gasteiger partial charge in [0, 0.05) is 13.7 Å². The lowest BCUT2D eigenvalue weighted by Crippen LogP contribution is -2.22. The van der Waals surface area contributed by atoms with Crippen LogP contribution in [0.1, 0.15) is 26.7 Å². The zero-order valence-electron chi connectivity index (χ0n) is 8.02. The smallest absolute Gasteiger partial charge is 0.0474 e. The molecule has 0 aromatic carbocycles. The van der Waals surface area contributed by atoms with Crippen LogP contribution in [0.2, 0.25) is 0 Å². The second-order valence-electron chi connectivity index (χ2n) is 3.06. The molecule has 0 bridgehead atoms. The summed E-state index contributed by atoms with van der Waals surface area (Å²) in [4.78, 5) is 0. The van der Waals surface area contributed by atoms with Crippen LogP contribution in [0.25, 0.3) is 0 Å². The van der Waals surface area contributed by atoms with Gasteiger partial charge in [-0.05, 0) is 25.4 Å². The van der Waals surface area contributed by atoms with Crippen LogP contribution >= 0.6 is 0 Å². The van der Waals surface area contributed by atoms with Crippen LogP contribution < -0.4 is 5.32 Å². The highest BCUT2D eigenvalue weighted by atomic mass is 16.5. The standard InChI is InChI=1S/C9H21NO/c1-4-9(2)8-10-6-5-7-11-3/h9-10H,4-8H2,1-3H3. The first-order valence-corrected chi connectivity index (χ1v) is 4.50. The molecule has 0 aromatic heterocycles. The van der Waals surface area contributed by atoms with Crippen LogP contribution in [0.15, 0.2) is 0 Å². The molecule has 0 amide bonds. The van der Waals surface area contributed by atoms with Gasteiger partial charge < -0.3 is 10.1 Å². The Morgan fingerprint density at radius 2 is 2.18 bits per heavy atom. The van der Waals surface area contributed by atoms with E-state index in [-0.39, 0.29) is 0 Å². The van der Waals surface area contributed by atoms with E-state index < -0.39 is 0 Å². The average molecular weight is 159 g/mol. The van der Waals surface area contributed by atoms with E-state index in [0.29, 0.717) is 0 Å². The van der Waals surface area contributed by atoms with Gasteiger partial charge in [0.05, 0.1) is 0 Å². The van der Waals surface area contributed by atoms with E-state index in [9.17, 15) is 0 Å². The summed E-state index contributed by atoms with van der Waals surface area (Å²) in [6, 6.07) is 0. The molecular weight excluding hydrogens is 138 g/mol. The molecule has 0 saturated carbocycles. The first-order chi connectivity index (χ1) is 5.31. The highest BCUT2D eigenvalue weighted by molar-refractivity contribution is 4.54. The number of rotatable bonds is 7. The molecule has 11 heavy (non-hydrogen) atoms. The first-order valence-electron chi connectivity index (χ1n) is 4.50. The molecule has 0 spiro atoms. The maximum Gasteiger partial charge on any atom is 0.0474 e. The van der Waals surface area contributed by atoms with Crippen LogP contribution in [0.4, 0.5) is 0 Å². The molecule has 0 heterocycles. The van der Waals surface area contributed by atoms with E-state index >= 15 is 0 Å². The summed E-state index contributed by atoms with van der Waals surface area (Å²) < 4.78 is 4.94. The molecule has 0 aliphatic carbocycles. The predicted molar refractivity (Wildman–Crippen MR) is 48.8 cm³/mol. The molecule has 2 heteroatoms. The second-order valence-corrected chi connectivity index (χ2v) is 3.06. The lowest BCUT2D eigenvalue weighted by atomic mass is 10.1. The van der Waals surface area contributed by atoms with Crippen molar-refractivity contribution in [3.8, 4) is 0 Å². The van der Waals surface area contributed by atoms with Gasteiger partial charge in [0.15, 0.2) is 0 Å². The molecule has 0 aromatic rings. The van der Waals surface area contributed by atoms with Crippen molar-refractivity contribution in [2.45, 2.75) is 26.7 Å². The molecule has 1 N–H and O–H groups in total. The number of nitrogens with one attached hydrogen (secondary N) is 1. The van der Waals surface area contributed by atoms with Crippen molar-refractivity contribution in [2.24, 2.45) is 5.92 Å². The van der Waals surface area contributed by atoms with Crippen molar-refractivity contribution >= 4 is 0 Å². The Kier molecular flexibility index (Phi) is 7.96. The summed E-state index contributed by atoms with van der Waals surface area (Å²) in [6.45, 7) is 7.58. The Morgan fingerprint density at radius 3 is 2.73 bits per heavy atom. The Balaban J connectivity index is 2.89. The van der Waals surface area contributed by atoms with E-state index in [2.05, 4.69) is 19.2 Å². The van der Waals surface area contributed by atoms with Gasteiger partial charge in [0.1, 0.15) is 0 Å². The molecule has 1 unspecified atom stereocenters. The lowest BCUT2D eigenvalue weighted by molar-refractivity contribution is 0.194. The van der Waals surface area contributed by atoms with E-state index in [0.717, 1.165) is 32.0 Å². The summed E-state index contributed by atoms with van der Waals surface area (Å²) in [5.41, 5.74) is 0. The normalized spacial score (nSPS) is 13.4. The Bertz CT molecular complexity index is 76.0. The van der Waals surface area contributed by atoms with Crippen LogP contribution in [-0.2, 0) is 4.74 Å². The predicted octanol–water partition coefficient (Wildman–Crippen LogP) is 1.66. The number of hydrogen-bond acceptors (Lipinski definition) is 2.